The van der Waals surface area contributed by atoms with Crippen LogP contribution in [0.5, 0.6) is 0 Å². The summed E-state index contributed by atoms with van der Waals surface area (Å²) in [6.45, 7) is 3.73. The van der Waals surface area contributed by atoms with Crippen LogP contribution in [0.25, 0.3) is 0 Å². The van der Waals surface area contributed by atoms with Crippen molar-refractivity contribution in [3.63, 3.8) is 0 Å². The van der Waals surface area contributed by atoms with Crippen molar-refractivity contribution < 1.29 is 9.90 Å². The van der Waals surface area contributed by atoms with Gasteiger partial charge in [-0.15, -0.1) is 0 Å². The number of hydrogen-bond acceptors (Lipinski definition) is 3. The van der Waals surface area contributed by atoms with Crippen LogP contribution in [0.4, 0.5) is 5.69 Å². The van der Waals surface area contributed by atoms with E-state index in [0.29, 0.717) is 17.9 Å². The number of anilines is 1. The first-order chi connectivity index (χ1) is 8.95. The second-order valence-corrected chi connectivity index (χ2v) is 5.49. The summed E-state index contributed by atoms with van der Waals surface area (Å²) >= 11 is 5.83. The van der Waals surface area contributed by atoms with E-state index in [4.69, 9.17) is 11.6 Å². The van der Waals surface area contributed by atoms with Gasteiger partial charge < -0.3 is 10.4 Å². The van der Waals surface area contributed by atoms with E-state index in [9.17, 15) is 9.90 Å². The topological polar surface area (TPSA) is 49.3 Å². The maximum atomic E-state index is 12.0. The molecule has 0 aliphatic heterocycles. The van der Waals surface area contributed by atoms with E-state index in [1.165, 1.54) is 6.08 Å². The number of nitrogens with one attached hydrogen (secondary N) is 1. The van der Waals surface area contributed by atoms with Crippen molar-refractivity contribution in [3.8, 4) is 0 Å². The Kier molecular flexibility index (Phi) is 3.97. The van der Waals surface area contributed by atoms with E-state index in [2.05, 4.69) is 5.32 Å². The zero-order valence-corrected chi connectivity index (χ0v) is 11.9. The Bertz CT molecular complexity index is 509. The molecule has 0 aromatic heterocycles. The van der Waals surface area contributed by atoms with Gasteiger partial charge >= 0.3 is 0 Å². The molecule has 2 N–H and O–H groups in total. The molecule has 0 bridgehead atoms. The number of benzene rings is 1. The van der Waals surface area contributed by atoms with Gasteiger partial charge in [-0.05, 0) is 43.0 Å². The normalized spacial score (nSPS) is 27.1. The molecular weight excluding hydrogens is 262 g/mol. The van der Waals surface area contributed by atoms with Gasteiger partial charge in [0, 0.05) is 22.5 Å². The molecule has 1 aliphatic rings. The van der Waals surface area contributed by atoms with Crippen LogP contribution in [0, 0.1) is 5.92 Å². The maximum Gasteiger partial charge on any atom is 0.189 e. The summed E-state index contributed by atoms with van der Waals surface area (Å²) in [6.07, 6.45) is 2.61. The molecule has 1 aromatic carbocycles. The molecule has 2 rings (SSSR count). The smallest absolute Gasteiger partial charge is 0.189 e. The third-order valence-corrected chi connectivity index (χ3v) is 4.01. The van der Waals surface area contributed by atoms with Gasteiger partial charge in [0.1, 0.15) is 5.60 Å². The van der Waals surface area contributed by atoms with Crippen molar-refractivity contribution in [1.29, 1.82) is 0 Å². The summed E-state index contributed by atoms with van der Waals surface area (Å²) in [5, 5.41) is 14.2. The molecular formula is C15H18ClNO2. The fraction of sp³-hybridized carbons (Fsp3) is 0.400. The minimum Gasteiger partial charge on any atom is -0.381 e. The van der Waals surface area contributed by atoms with Crippen LogP contribution >= 0.6 is 11.6 Å². The lowest BCUT2D eigenvalue weighted by Crippen LogP contribution is -2.46. The van der Waals surface area contributed by atoms with Crippen LogP contribution < -0.4 is 5.32 Å². The second-order valence-electron chi connectivity index (χ2n) is 5.05. The van der Waals surface area contributed by atoms with Gasteiger partial charge in [0.05, 0.1) is 0 Å². The molecule has 0 saturated carbocycles. The molecule has 0 spiro atoms. The van der Waals surface area contributed by atoms with Crippen molar-refractivity contribution in [2.45, 2.75) is 32.3 Å². The van der Waals surface area contributed by atoms with Crippen LogP contribution in [0.3, 0.4) is 0 Å². The Morgan fingerprint density at radius 2 is 2.05 bits per heavy atom. The van der Waals surface area contributed by atoms with Crippen molar-refractivity contribution in [2.75, 3.05) is 5.32 Å². The van der Waals surface area contributed by atoms with E-state index in [-0.39, 0.29) is 11.7 Å². The first-order valence-electron chi connectivity index (χ1n) is 6.45. The Morgan fingerprint density at radius 3 is 2.58 bits per heavy atom. The van der Waals surface area contributed by atoms with Crippen molar-refractivity contribution in [2.24, 2.45) is 5.92 Å². The maximum absolute atomic E-state index is 12.0. The Morgan fingerprint density at radius 1 is 1.42 bits per heavy atom. The standard InChI is InChI=1S/C15H18ClNO2/c1-3-15(19)10(2)8-13(9-14(15)18)17-12-6-4-11(16)5-7-12/h4-7,9-10,17,19H,3,8H2,1-2H3. The summed E-state index contributed by atoms with van der Waals surface area (Å²) in [5.41, 5.74) is 0.501. The lowest BCUT2D eigenvalue weighted by molar-refractivity contribution is -0.139. The quantitative estimate of drug-likeness (QED) is 0.892. The van der Waals surface area contributed by atoms with Gasteiger partial charge in [-0.25, -0.2) is 0 Å². The van der Waals surface area contributed by atoms with E-state index in [0.717, 1.165) is 11.4 Å². The van der Waals surface area contributed by atoms with Crippen LogP contribution in [0.2, 0.25) is 5.02 Å². The molecule has 102 valence electrons. The largest absolute Gasteiger partial charge is 0.381 e. The Hall–Kier alpha value is -1.32. The first-order valence-corrected chi connectivity index (χ1v) is 6.83. The van der Waals surface area contributed by atoms with Gasteiger partial charge in [-0.1, -0.05) is 25.4 Å². The van der Waals surface area contributed by atoms with E-state index >= 15 is 0 Å². The molecule has 2 atom stereocenters. The molecule has 0 amide bonds. The highest BCUT2D eigenvalue weighted by Crippen LogP contribution is 2.33. The molecule has 3 nitrogen and oxygen atoms in total. The predicted molar refractivity (Wildman–Crippen MR) is 77.2 cm³/mol. The zero-order chi connectivity index (χ0) is 14.0. The average Bonchev–Trinajstić information content (AvgIpc) is 2.38. The summed E-state index contributed by atoms with van der Waals surface area (Å²) in [4.78, 5) is 12.0. The minimum absolute atomic E-state index is 0.0928. The first kappa shape index (κ1) is 14.1. The molecule has 0 fully saturated rings. The van der Waals surface area contributed by atoms with Crippen LogP contribution in [-0.2, 0) is 4.79 Å². The Labute approximate surface area is 118 Å². The lowest BCUT2D eigenvalue weighted by atomic mass is 9.76. The number of hydrogen-bond donors (Lipinski definition) is 2. The highest BCUT2D eigenvalue weighted by Gasteiger charge is 2.41. The summed E-state index contributed by atoms with van der Waals surface area (Å²) in [5.74, 6) is -0.310. The fourth-order valence-electron chi connectivity index (χ4n) is 2.41. The molecule has 0 saturated heterocycles. The fourth-order valence-corrected chi connectivity index (χ4v) is 2.54. The third-order valence-electron chi connectivity index (χ3n) is 3.76. The number of allylic oxidation sites excluding steroid dienone is 1. The van der Waals surface area contributed by atoms with Crippen molar-refractivity contribution in [3.05, 3.63) is 41.1 Å². The number of carbonyl (C=O) groups is 1. The van der Waals surface area contributed by atoms with Crippen LogP contribution in [-0.4, -0.2) is 16.5 Å². The average molecular weight is 280 g/mol. The minimum atomic E-state index is -1.22. The summed E-state index contributed by atoms with van der Waals surface area (Å²) in [7, 11) is 0. The van der Waals surface area contributed by atoms with Gasteiger partial charge in [0.25, 0.3) is 0 Å². The number of rotatable bonds is 3. The number of carbonyl (C=O) groups excluding carboxylic acids is 1. The zero-order valence-electron chi connectivity index (χ0n) is 11.1. The van der Waals surface area contributed by atoms with Crippen molar-refractivity contribution >= 4 is 23.1 Å². The van der Waals surface area contributed by atoms with E-state index in [1.54, 1.807) is 12.1 Å². The van der Waals surface area contributed by atoms with Gasteiger partial charge in [0.15, 0.2) is 5.78 Å². The lowest BCUT2D eigenvalue weighted by Gasteiger charge is -2.35. The number of halogens is 1. The molecule has 1 aliphatic carbocycles. The molecule has 2 unspecified atom stereocenters. The monoisotopic (exact) mass is 279 g/mol. The van der Waals surface area contributed by atoms with Gasteiger partial charge in [0.2, 0.25) is 0 Å². The van der Waals surface area contributed by atoms with E-state index < -0.39 is 5.60 Å². The Balaban J connectivity index is 2.17. The molecule has 0 heterocycles. The highest BCUT2D eigenvalue weighted by atomic mass is 35.5. The second kappa shape index (κ2) is 5.35. The van der Waals surface area contributed by atoms with Crippen LogP contribution in [0.1, 0.15) is 26.7 Å². The van der Waals surface area contributed by atoms with Gasteiger partial charge in [-0.3, -0.25) is 4.79 Å². The third kappa shape index (κ3) is 2.82. The van der Waals surface area contributed by atoms with Crippen molar-refractivity contribution in [1.82, 2.24) is 0 Å². The molecule has 0 radical (unpaired) electrons. The summed E-state index contributed by atoms with van der Waals surface area (Å²) in [6, 6.07) is 7.31. The molecule has 4 heteroatoms. The van der Waals surface area contributed by atoms with Gasteiger partial charge in [-0.2, -0.15) is 0 Å². The SMILES string of the molecule is CCC1(O)C(=O)C=C(Nc2ccc(Cl)cc2)CC1C. The number of aliphatic hydroxyl groups is 1. The summed E-state index contributed by atoms with van der Waals surface area (Å²) < 4.78 is 0. The predicted octanol–water partition coefficient (Wildman–Crippen LogP) is 3.39. The number of ketones is 1. The van der Waals surface area contributed by atoms with Crippen LogP contribution in [0.15, 0.2) is 36.0 Å². The van der Waals surface area contributed by atoms with E-state index in [1.807, 2.05) is 26.0 Å². The molecule has 19 heavy (non-hydrogen) atoms. The molecule has 1 aromatic rings. The highest BCUT2D eigenvalue weighted by molar-refractivity contribution is 6.30.